The van der Waals surface area contributed by atoms with Crippen LogP contribution in [0.2, 0.25) is 0 Å². The molecule has 0 spiro atoms. The van der Waals surface area contributed by atoms with Gasteiger partial charge in [-0.2, -0.15) is 4.98 Å². The van der Waals surface area contributed by atoms with E-state index >= 15 is 0 Å². The summed E-state index contributed by atoms with van der Waals surface area (Å²) in [6, 6.07) is 12.1. The molecule has 0 aliphatic heterocycles. The topological polar surface area (TPSA) is 35.0 Å². The van der Waals surface area contributed by atoms with E-state index in [-0.39, 0.29) is 0 Å². The van der Waals surface area contributed by atoms with E-state index in [1.165, 1.54) is 5.56 Å². The van der Waals surface area contributed by atoms with Crippen LogP contribution in [0, 0.1) is 6.92 Å². The van der Waals surface area contributed by atoms with Crippen molar-refractivity contribution in [2.45, 2.75) is 17.8 Å². The standard InChI is InChI=1S/C15H16N2OS/c1-3-9-18-14-10-12(2)16-15(17-14)19-11-13-7-5-4-6-8-13/h3-8,10H,1,9,11H2,2H3. The third kappa shape index (κ3) is 4.41. The van der Waals surface area contributed by atoms with Gasteiger partial charge in [0.05, 0.1) is 0 Å². The SMILES string of the molecule is C=CCOc1cc(C)nc(SCc2ccccc2)n1. The molecule has 0 atom stereocenters. The summed E-state index contributed by atoms with van der Waals surface area (Å²) >= 11 is 1.61. The smallest absolute Gasteiger partial charge is 0.217 e. The molecule has 0 fully saturated rings. The molecule has 1 aromatic heterocycles. The van der Waals surface area contributed by atoms with Gasteiger partial charge in [-0.15, -0.1) is 0 Å². The second-order valence-electron chi connectivity index (χ2n) is 4.00. The fourth-order valence-electron chi connectivity index (χ4n) is 1.52. The summed E-state index contributed by atoms with van der Waals surface area (Å²) in [6.45, 7) is 6.02. The van der Waals surface area contributed by atoms with E-state index in [2.05, 4.69) is 28.7 Å². The highest BCUT2D eigenvalue weighted by molar-refractivity contribution is 7.98. The van der Waals surface area contributed by atoms with Gasteiger partial charge in [0.1, 0.15) is 6.61 Å². The van der Waals surface area contributed by atoms with E-state index in [0.29, 0.717) is 12.5 Å². The van der Waals surface area contributed by atoms with Crippen molar-refractivity contribution in [3.8, 4) is 5.88 Å². The maximum absolute atomic E-state index is 5.45. The van der Waals surface area contributed by atoms with Crippen LogP contribution in [0.4, 0.5) is 0 Å². The summed E-state index contributed by atoms with van der Waals surface area (Å²) < 4.78 is 5.45. The molecule has 2 rings (SSSR count). The minimum absolute atomic E-state index is 0.458. The summed E-state index contributed by atoms with van der Waals surface area (Å²) in [7, 11) is 0. The number of aryl methyl sites for hydroxylation is 1. The molecule has 0 unspecified atom stereocenters. The molecule has 2 aromatic rings. The van der Waals surface area contributed by atoms with E-state index in [0.717, 1.165) is 16.6 Å². The maximum atomic E-state index is 5.45. The molecule has 1 heterocycles. The Labute approximate surface area is 117 Å². The van der Waals surface area contributed by atoms with Crippen molar-refractivity contribution in [3.63, 3.8) is 0 Å². The summed E-state index contributed by atoms with van der Waals surface area (Å²) in [4.78, 5) is 8.77. The Morgan fingerprint density at radius 2 is 2.05 bits per heavy atom. The lowest BCUT2D eigenvalue weighted by atomic mass is 10.2. The van der Waals surface area contributed by atoms with Crippen molar-refractivity contribution in [1.82, 2.24) is 9.97 Å². The largest absolute Gasteiger partial charge is 0.473 e. The van der Waals surface area contributed by atoms with E-state index in [1.807, 2.05) is 31.2 Å². The summed E-state index contributed by atoms with van der Waals surface area (Å²) in [5.74, 6) is 1.45. The molecule has 3 nitrogen and oxygen atoms in total. The van der Waals surface area contributed by atoms with Crippen LogP contribution < -0.4 is 4.74 Å². The van der Waals surface area contributed by atoms with Crippen LogP contribution in [0.25, 0.3) is 0 Å². The van der Waals surface area contributed by atoms with Gasteiger partial charge >= 0.3 is 0 Å². The van der Waals surface area contributed by atoms with Crippen LogP contribution in [0.3, 0.4) is 0 Å². The Morgan fingerprint density at radius 3 is 2.79 bits per heavy atom. The lowest BCUT2D eigenvalue weighted by Crippen LogP contribution is -1.99. The predicted octanol–water partition coefficient (Wildman–Crippen LogP) is 3.64. The predicted molar refractivity (Wildman–Crippen MR) is 78.5 cm³/mol. The molecule has 4 heteroatoms. The van der Waals surface area contributed by atoms with Gasteiger partial charge in [0, 0.05) is 17.5 Å². The molecular weight excluding hydrogens is 256 g/mol. The first-order chi connectivity index (χ1) is 9.28. The number of benzene rings is 1. The Kier molecular flexibility index (Phi) is 4.98. The molecule has 0 radical (unpaired) electrons. The zero-order valence-corrected chi connectivity index (χ0v) is 11.7. The quantitative estimate of drug-likeness (QED) is 0.457. The van der Waals surface area contributed by atoms with E-state index in [9.17, 15) is 0 Å². The number of thioether (sulfide) groups is 1. The average molecular weight is 272 g/mol. The van der Waals surface area contributed by atoms with Crippen molar-refractivity contribution in [1.29, 1.82) is 0 Å². The summed E-state index contributed by atoms with van der Waals surface area (Å²) in [5.41, 5.74) is 2.16. The number of ether oxygens (including phenoxy) is 1. The van der Waals surface area contributed by atoms with Gasteiger partial charge in [0.25, 0.3) is 0 Å². The van der Waals surface area contributed by atoms with Crippen molar-refractivity contribution in [2.24, 2.45) is 0 Å². The number of nitrogens with zero attached hydrogens (tertiary/aromatic N) is 2. The molecule has 98 valence electrons. The number of aromatic nitrogens is 2. The Morgan fingerprint density at radius 1 is 1.26 bits per heavy atom. The van der Waals surface area contributed by atoms with E-state index < -0.39 is 0 Å². The van der Waals surface area contributed by atoms with Crippen LogP contribution in [-0.2, 0) is 5.75 Å². The maximum Gasteiger partial charge on any atom is 0.217 e. The number of rotatable bonds is 6. The zero-order chi connectivity index (χ0) is 13.5. The second-order valence-corrected chi connectivity index (χ2v) is 4.95. The minimum atomic E-state index is 0.458. The second kappa shape index (κ2) is 6.95. The molecule has 0 aliphatic rings. The first-order valence-electron chi connectivity index (χ1n) is 6.04. The van der Waals surface area contributed by atoms with Gasteiger partial charge in [-0.3, -0.25) is 0 Å². The van der Waals surface area contributed by atoms with Crippen LogP contribution in [0.1, 0.15) is 11.3 Å². The van der Waals surface area contributed by atoms with Crippen LogP contribution in [0.15, 0.2) is 54.2 Å². The van der Waals surface area contributed by atoms with Crippen molar-refractivity contribution in [2.75, 3.05) is 6.61 Å². The van der Waals surface area contributed by atoms with Gasteiger partial charge in [-0.1, -0.05) is 54.7 Å². The number of hydrogen-bond acceptors (Lipinski definition) is 4. The van der Waals surface area contributed by atoms with Crippen molar-refractivity contribution in [3.05, 3.63) is 60.3 Å². The first kappa shape index (κ1) is 13.6. The highest BCUT2D eigenvalue weighted by Crippen LogP contribution is 2.21. The highest BCUT2D eigenvalue weighted by atomic mass is 32.2. The third-order valence-corrected chi connectivity index (χ3v) is 3.29. The van der Waals surface area contributed by atoms with Gasteiger partial charge in [0.2, 0.25) is 5.88 Å². The summed E-state index contributed by atoms with van der Waals surface area (Å²) in [5, 5.41) is 0.739. The minimum Gasteiger partial charge on any atom is -0.473 e. The zero-order valence-electron chi connectivity index (χ0n) is 10.9. The Bertz CT molecular complexity index is 543. The van der Waals surface area contributed by atoms with Crippen molar-refractivity contribution < 1.29 is 4.74 Å². The van der Waals surface area contributed by atoms with Crippen LogP contribution in [0.5, 0.6) is 5.88 Å². The first-order valence-corrected chi connectivity index (χ1v) is 7.02. The van der Waals surface area contributed by atoms with Gasteiger partial charge in [-0.25, -0.2) is 4.98 Å². The summed E-state index contributed by atoms with van der Waals surface area (Å²) in [6.07, 6.45) is 1.70. The van der Waals surface area contributed by atoms with Crippen LogP contribution in [-0.4, -0.2) is 16.6 Å². The molecule has 0 N–H and O–H groups in total. The fourth-order valence-corrected chi connectivity index (χ4v) is 2.37. The van der Waals surface area contributed by atoms with Gasteiger partial charge in [-0.05, 0) is 12.5 Å². The van der Waals surface area contributed by atoms with Gasteiger partial charge in [0.15, 0.2) is 5.16 Å². The number of hydrogen-bond donors (Lipinski definition) is 0. The molecule has 0 amide bonds. The molecule has 0 aliphatic carbocycles. The third-order valence-electron chi connectivity index (χ3n) is 2.37. The Hall–Kier alpha value is -1.81. The highest BCUT2D eigenvalue weighted by Gasteiger charge is 2.04. The monoisotopic (exact) mass is 272 g/mol. The molecule has 19 heavy (non-hydrogen) atoms. The average Bonchev–Trinajstić information content (AvgIpc) is 2.43. The lowest BCUT2D eigenvalue weighted by Gasteiger charge is -2.06. The van der Waals surface area contributed by atoms with Crippen molar-refractivity contribution >= 4 is 11.8 Å². The molecule has 0 bridgehead atoms. The van der Waals surface area contributed by atoms with E-state index in [4.69, 9.17) is 4.74 Å². The molecular formula is C15H16N2OS. The fraction of sp³-hybridized carbons (Fsp3) is 0.200. The molecule has 1 aromatic carbocycles. The lowest BCUT2D eigenvalue weighted by molar-refractivity contribution is 0.344. The van der Waals surface area contributed by atoms with Gasteiger partial charge < -0.3 is 4.74 Å². The molecule has 0 saturated heterocycles. The Balaban J connectivity index is 2.03. The normalized spacial score (nSPS) is 10.2. The molecule has 0 saturated carbocycles. The van der Waals surface area contributed by atoms with E-state index in [1.54, 1.807) is 17.8 Å². The van der Waals surface area contributed by atoms with Crippen LogP contribution >= 0.6 is 11.8 Å².